The third-order valence-corrected chi connectivity index (χ3v) is 5.93. The number of hydrogen-bond acceptors (Lipinski definition) is 2. The fourth-order valence-corrected chi connectivity index (χ4v) is 3.74. The molecule has 0 aliphatic rings. The van der Waals surface area contributed by atoms with Crippen molar-refractivity contribution in [2.45, 2.75) is 65.6 Å². The first kappa shape index (κ1) is 24.2. The zero-order chi connectivity index (χ0) is 22.3. The van der Waals surface area contributed by atoms with Crippen molar-refractivity contribution in [2.24, 2.45) is 0 Å². The number of benzene rings is 2. The summed E-state index contributed by atoms with van der Waals surface area (Å²) in [6.07, 6.45) is 1.56. The van der Waals surface area contributed by atoms with E-state index >= 15 is 0 Å². The molecule has 0 aromatic heterocycles. The Morgan fingerprint density at radius 3 is 2.33 bits per heavy atom. The molecule has 0 spiro atoms. The van der Waals surface area contributed by atoms with Gasteiger partial charge in [-0.15, -0.1) is 0 Å². The van der Waals surface area contributed by atoms with E-state index < -0.39 is 6.04 Å². The van der Waals surface area contributed by atoms with Gasteiger partial charge in [0.05, 0.1) is 6.42 Å². The second-order valence-electron chi connectivity index (χ2n) is 7.60. The monoisotopic (exact) mass is 448 g/mol. The zero-order valence-electron chi connectivity index (χ0n) is 18.0. The maximum Gasteiger partial charge on any atom is 0.243 e. The lowest BCUT2D eigenvalue weighted by Gasteiger charge is -2.32. The number of carbonyl (C=O) groups excluding carboxylic acids is 2. The van der Waals surface area contributed by atoms with Crippen molar-refractivity contribution in [3.05, 3.63) is 69.2 Å². The Bertz CT molecular complexity index is 885. The lowest BCUT2D eigenvalue weighted by molar-refractivity contribution is -0.141. The van der Waals surface area contributed by atoms with Gasteiger partial charge in [-0.1, -0.05) is 67.4 Å². The molecular formula is C24H30Cl2N2O2. The lowest BCUT2D eigenvalue weighted by atomic mass is 10.0. The Balaban J connectivity index is 2.35. The van der Waals surface area contributed by atoms with Crippen molar-refractivity contribution < 1.29 is 9.59 Å². The highest BCUT2D eigenvalue weighted by atomic mass is 35.5. The lowest BCUT2D eigenvalue weighted by Crippen LogP contribution is -2.51. The van der Waals surface area contributed by atoms with Gasteiger partial charge in [0, 0.05) is 22.6 Å². The summed E-state index contributed by atoms with van der Waals surface area (Å²) in [5.74, 6) is -0.253. The predicted octanol–water partition coefficient (Wildman–Crippen LogP) is 5.57. The van der Waals surface area contributed by atoms with Crippen LogP contribution in [0.4, 0.5) is 0 Å². The molecule has 30 heavy (non-hydrogen) atoms. The molecule has 6 heteroatoms. The molecule has 162 valence electrons. The Morgan fingerprint density at radius 2 is 1.73 bits per heavy atom. The zero-order valence-corrected chi connectivity index (χ0v) is 19.6. The van der Waals surface area contributed by atoms with Crippen LogP contribution in [0.2, 0.25) is 10.0 Å². The largest absolute Gasteiger partial charge is 0.352 e. The van der Waals surface area contributed by atoms with Crippen LogP contribution in [0.3, 0.4) is 0 Å². The van der Waals surface area contributed by atoms with E-state index in [2.05, 4.69) is 5.32 Å². The molecule has 0 saturated heterocycles. The van der Waals surface area contributed by atoms with Crippen LogP contribution in [-0.2, 0) is 22.6 Å². The van der Waals surface area contributed by atoms with Gasteiger partial charge in [0.2, 0.25) is 11.8 Å². The van der Waals surface area contributed by atoms with Crippen molar-refractivity contribution in [3.8, 4) is 0 Å². The van der Waals surface area contributed by atoms with E-state index in [0.29, 0.717) is 16.5 Å². The molecule has 0 aliphatic carbocycles. The number of hydrogen-bond donors (Lipinski definition) is 1. The highest BCUT2D eigenvalue weighted by molar-refractivity contribution is 6.35. The summed E-state index contributed by atoms with van der Waals surface area (Å²) in [4.78, 5) is 28.0. The molecule has 2 atom stereocenters. The van der Waals surface area contributed by atoms with Crippen molar-refractivity contribution in [1.82, 2.24) is 10.2 Å². The number of rotatable bonds is 9. The SMILES string of the molecule is CC[C@H](C)NC(=O)[C@H](CC)N(Cc1ccc(Cl)cc1Cl)C(=O)Cc1ccccc1C. The molecule has 4 nitrogen and oxygen atoms in total. The van der Waals surface area contributed by atoms with Crippen LogP contribution in [0.15, 0.2) is 42.5 Å². The maximum atomic E-state index is 13.4. The molecule has 2 rings (SSSR count). The quantitative estimate of drug-likeness (QED) is 0.545. The Labute approximate surface area is 189 Å². The van der Waals surface area contributed by atoms with Gasteiger partial charge in [-0.25, -0.2) is 0 Å². The highest BCUT2D eigenvalue weighted by Gasteiger charge is 2.29. The molecule has 2 aromatic rings. The van der Waals surface area contributed by atoms with Gasteiger partial charge in [0.15, 0.2) is 0 Å². The first-order chi connectivity index (χ1) is 14.3. The molecule has 2 aromatic carbocycles. The molecular weight excluding hydrogens is 419 g/mol. The van der Waals surface area contributed by atoms with Gasteiger partial charge in [-0.2, -0.15) is 0 Å². The minimum atomic E-state index is -0.581. The number of carbonyl (C=O) groups is 2. The van der Waals surface area contributed by atoms with E-state index in [0.717, 1.165) is 23.1 Å². The molecule has 2 amide bonds. The molecule has 0 aliphatic heterocycles. The van der Waals surface area contributed by atoms with Gasteiger partial charge >= 0.3 is 0 Å². The van der Waals surface area contributed by atoms with Crippen LogP contribution in [0.5, 0.6) is 0 Å². The van der Waals surface area contributed by atoms with Gasteiger partial charge in [0.1, 0.15) is 6.04 Å². The van der Waals surface area contributed by atoms with E-state index in [1.165, 1.54) is 0 Å². The highest BCUT2D eigenvalue weighted by Crippen LogP contribution is 2.24. The van der Waals surface area contributed by atoms with E-state index in [-0.39, 0.29) is 30.8 Å². The minimum absolute atomic E-state index is 0.0407. The van der Waals surface area contributed by atoms with Crippen LogP contribution in [0, 0.1) is 6.92 Å². The summed E-state index contributed by atoms with van der Waals surface area (Å²) in [5.41, 5.74) is 2.76. The maximum absolute atomic E-state index is 13.4. The number of halogens is 2. The third kappa shape index (κ3) is 6.48. The fraction of sp³-hybridized carbons (Fsp3) is 0.417. The van der Waals surface area contributed by atoms with Gasteiger partial charge in [-0.05, 0) is 55.5 Å². The molecule has 1 N–H and O–H groups in total. The van der Waals surface area contributed by atoms with Crippen LogP contribution >= 0.6 is 23.2 Å². The molecule has 0 fully saturated rings. The molecule has 0 saturated carbocycles. The topological polar surface area (TPSA) is 49.4 Å². The van der Waals surface area contributed by atoms with Crippen molar-refractivity contribution in [2.75, 3.05) is 0 Å². The van der Waals surface area contributed by atoms with Crippen molar-refractivity contribution in [3.63, 3.8) is 0 Å². The number of aryl methyl sites for hydroxylation is 1. The van der Waals surface area contributed by atoms with Gasteiger partial charge in [0.25, 0.3) is 0 Å². The second kappa shape index (κ2) is 11.4. The normalized spacial score (nSPS) is 12.9. The summed E-state index contributed by atoms with van der Waals surface area (Å²) in [7, 11) is 0. The fourth-order valence-electron chi connectivity index (χ4n) is 3.27. The number of nitrogens with zero attached hydrogens (tertiary/aromatic N) is 1. The molecule has 0 heterocycles. The number of nitrogens with one attached hydrogen (secondary N) is 1. The van der Waals surface area contributed by atoms with Crippen LogP contribution < -0.4 is 5.32 Å². The van der Waals surface area contributed by atoms with Gasteiger partial charge < -0.3 is 10.2 Å². The van der Waals surface area contributed by atoms with E-state index in [1.54, 1.807) is 23.1 Å². The summed E-state index contributed by atoms with van der Waals surface area (Å²) in [5, 5.41) is 4.02. The van der Waals surface area contributed by atoms with Crippen molar-refractivity contribution in [1.29, 1.82) is 0 Å². The second-order valence-corrected chi connectivity index (χ2v) is 8.45. The Kier molecular flexibility index (Phi) is 9.19. The first-order valence-corrected chi connectivity index (χ1v) is 11.1. The van der Waals surface area contributed by atoms with E-state index in [1.807, 2.05) is 52.0 Å². The number of amides is 2. The van der Waals surface area contributed by atoms with Crippen molar-refractivity contribution >= 4 is 35.0 Å². The average Bonchev–Trinajstić information content (AvgIpc) is 2.70. The standard InChI is InChI=1S/C24H30Cl2N2O2/c1-5-17(4)27-24(30)22(6-2)28(15-19-11-12-20(25)14-21(19)26)23(29)13-18-10-8-7-9-16(18)3/h7-12,14,17,22H,5-6,13,15H2,1-4H3,(H,27,30)/t17-,22-/m0/s1. The summed E-state index contributed by atoms with van der Waals surface area (Å²) in [6.45, 7) is 8.11. The molecule has 0 radical (unpaired) electrons. The predicted molar refractivity (Wildman–Crippen MR) is 124 cm³/mol. The summed E-state index contributed by atoms with van der Waals surface area (Å²) >= 11 is 12.4. The summed E-state index contributed by atoms with van der Waals surface area (Å²) < 4.78 is 0. The summed E-state index contributed by atoms with van der Waals surface area (Å²) in [6, 6.07) is 12.5. The minimum Gasteiger partial charge on any atom is -0.352 e. The van der Waals surface area contributed by atoms with Crippen LogP contribution in [-0.4, -0.2) is 28.8 Å². The molecule has 0 bridgehead atoms. The first-order valence-electron chi connectivity index (χ1n) is 10.3. The Morgan fingerprint density at radius 1 is 1.03 bits per heavy atom. The molecule has 0 unspecified atom stereocenters. The van der Waals surface area contributed by atoms with Gasteiger partial charge in [-0.3, -0.25) is 9.59 Å². The third-order valence-electron chi connectivity index (χ3n) is 5.35. The van der Waals surface area contributed by atoms with Crippen LogP contribution in [0.25, 0.3) is 0 Å². The Hall–Kier alpha value is -2.04. The van der Waals surface area contributed by atoms with Crippen LogP contribution in [0.1, 0.15) is 50.3 Å². The van der Waals surface area contributed by atoms with E-state index in [4.69, 9.17) is 23.2 Å². The van der Waals surface area contributed by atoms with E-state index in [9.17, 15) is 9.59 Å². The smallest absolute Gasteiger partial charge is 0.243 e. The average molecular weight is 449 g/mol.